The monoisotopic (exact) mass is 528 g/mol. The summed E-state index contributed by atoms with van der Waals surface area (Å²) in [6.07, 6.45) is 3.82. The first kappa shape index (κ1) is 27.5. The summed E-state index contributed by atoms with van der Waals surface area (Å²) in [6.45, 7) is 7.69. The van der Waals surface area contributed by atoms with E-state index in [1.807, 2.05) is 0 Å². The summed E-state index contributed by atoms with van der Waals surface area (Å²) < 4.78 is 42.7. The van der Waals surface area contributed by atoms with Crippen molar-refractivity contribution in [1.29, 1.82) is 0 Å². The normalized spacial score (nSPS) is 43.1. The van der Waals surface area contributed by atoms with E-state index in [-0.39, 0.29) is 65.2 Å². The van der Waals surface area contributed by atoms with Gasteiger partial charge in [-0.05, 0) is 80.0 Å². The van der Waals surface area contributed by atoms with Crippen LogP contribution in [0.5, 0.6) is 0 Å². The van der Waals surface area contributed by atoms with Crippen LogP contribution < -0.4 is 0 Å². The van der Waals surface area contributed by atoms with E-state index in [1.54, 1.807) is 0 Å². The van der Waals surface area contributed by atoms with Gasteiger partial charge >= 0.3 is 22.3 Å². The first-order chi connectivity index (χ1) is 16.7. The molecule has 0 bridgehead atoms. The number of carbonyl (C=O) groups is 3. The van der Waals surface area contributed by atoms with Crippen molar-refractivity contribution in [3.05, 3.63) is 0 Å². The zero-order valence-corrected chi connectivity index (χ0v) is 22.5. The highest BCUT2D eigenvalue weighted by Gasteiger charge is 2.66. The van der Waals surface area contributed by atoms with Gasteiger partial charge in [0.05, 0.1) is 6.10 Å². The zero-order valence-electron chi connectivity index (χ0n) is 21.6. The average Bonchev–Trinajstić information content (AvgIpc) is 3.11. The fourth-order valence-corrected chi connectivity index (χ4v) is 9.48. The maximum absolute atomic E-state index is 13.9. The van der Waals surface area contributed by atoms with Gasteiger partial charge in [0, 0.05) is 31.1 Å². The highest BCUT2D eigenvalue weighted by molar-refractivity contribution is 7.80. The van der Waals surface area contributed by atoms with E-state index in [9.17, 15) is 32.5 Å². The van der Waals surface area contributed by atoms with Crippen molar-refractivity contribution >= 4 is 28.1 Å². The zero-order chi connectivity index (χ0) is 26.6. The molecule has 4 aliphatic carbocycles. The molecule has 0 unspecified atom stereocenters. The van der Waals surface area contributed by atoms with E-state index in [0.717, 1.165) is 12.8 Å². The molecule has 0 heterocycles. The van der Waals surface area contributed by atoms with Crippen molar-refractivity contribution in [3.8, 4) is 0 Å². The van der Waals surface area contributed by atoms with Crippen LogP contribution in [0.15, 0.2) is 0 Å². The molecule has 0 aromatic heterocycles. The molecule has 36 heavy (non-hydrogen) atoms. The van der Waals surface area contributed by atoms with Crippen LogP contribution in [-0.4, -0.2) is 48.0 Å². The lowest BCUT2D eigenvalue weighted by molar-refractivity contribution is -0.194. The Hall–Kier alpha value is -1.52. The Kier molecular flexibility index (Phi) is 7.38. The highest BCUT2D eigenvalue weighted by Crippen LogP contribution is 2.67. The van der Waals surface area contributed by atoms with Crippen LogP contribution in [0.3, 0.4) is 0 Å². The number of aliphatic carboxylic acids is 1. The lowest BCUT2D eigenvalue weighted by Crippen LogP contribution is -2.62. The molecule has 0 spiro atoms. The third-order valence-corrected chi connectivity index (χ3v) is 11.1. The Morgan fingerprint density at radius 3 is 2.44 bits per heavy atom. The van der Waals surface area contributed by atoms with E-state index in [2.05, 4.69) is 20.8 Å². The van der Waals surface area contributed by atoms with E-state index in [1.165, 1.54) is 6.92 Å². The van der Waals surface area contributed by atoms with Gasteiger partial charge < -0.3 is 9.84 Å². The Bertz CT molecular complexity index is 1010. The van der Waals surface area contributed by atoms with Gasteiger partial charge in [0.15, 0.2) is 0 Å². The Balaban J connectivity index is 1.65. The average molecular weight is 529 g/mol. The van der Waals surface area contributed by atoms with Gasteiger partial charge in [-0.1, -0.05) is 20.8 Å². The molecule has 204 valence electrons. The van der Waals surface area contributed by atoms with Gasteiger partial charge in [-0.2, -0.15) is 8.42 Å². The van der Waals surface area contributed by atoms with Crippen molar-refractivity contribution in [3.63, 3.8) is 0 Å². The van der Waals surface area contributed by atoms with Gasteiger partial charge in [-0.15, -0.1) is 0 Å². The summed E-state index contributed by atoms with van der Waals surface area (Å²) in [5.74, 6) is -0.709. The number of hydrogen-bond acceptors (Lipinski definition) is 7. The van der Waals surface area contributed by atoms with Gasteiger partial charge in [0.25, 0.3) is 0 Å². The molecule has 0 aromatic rings. The fraction of sp³-hybridized carbons (Fsp3) is 0.885. The maximum atomic E-state index is 13.9. The van der Waals surface area contributed by atoms with Crippen LogP contribution in [-0.2, 0) is 33.7 Å². The number of rotatable bonds is 7. The molecule has 0 aromatic carbocycles. The highest BCUT2D eigenvalue weighted by atomic mass is 32.3. The minimum Gasteiger partial charge on any atom is -0.481 e. The number of ketones is 1. The van der Waals surface area contributed by atoms with Crippen LogP contribution in [0.4, 0.5) is 0 Å². The topological polar surface area (TPSA) is 144 Å². The number of carboxylic acids is 1. The molecule has 10 heteroatoms. The number of hydrogen-bond donors (Lipinski definition) is 2. The van der Waals surface area contributed by atoms with Crippen molar-refractivity contribution in [2.45, 2.75) is 97.7 Å². The summed E-state index contributed by atoms with van der Waals surface area (Å²) in [4.78, 5) is 37.3. The molecule has 0 saturated heterocycles. The number of fused-ring (bicyclic) bond motifs is 5. The van der Waals surface area contributed by atoms with Crippen LogP contribution in [0, 0.1) is 46.3 Å². The second-order valence-electron chi connectivity index (χ2n) is 12.3. The van der Waals surface area contributed by atoms with E-state index in [0.29, 0.717) is 38.5 Å². The van der Waals surface area contributed by atoms with Crippen LogP contribution in [0.1, 0.15) is 85.5 Å². The predicted octanol–water partition coefficient (Wildman–Crippen LogP) is 4.05. The Morgan fingerprint density at radius 1 is 1.14 bits per heavy atom. The van der Waals surface area contributed by atoms with E-state index >= 15 is 0 Å². The quantitative estimate of drug-likeness (QED) is 0.369. The first-order valence-corrected chi connectivity index (χ1v) is 14.6. The predicted molar refractivity (Wildman–Crippen MR) is 129 cm³/mol. The number of carbonyl (C=O) groups excluding carboxylic acids is 2. The fourth-order valence-electron chi connectivity index (χ4n) is 8.97. The molecule has 4 saturated carbocycles. The second kappa shape index (κ2) is 9.66. The summed E-state index contributed by atoms with van der Waals surface area (Å²) in [5, 5.41) is 9.17. The number of ether oxygens (including phenoxy) is 1. The molecule has 0 radical (unpaired) electrons. The van der Waals surface area contributed by atoms with E-state index in [4.69, 9.17) is 8.92 Å². The molecule has 10 atom stereocenters. The molecule has 4 rings (SSSR count). The second-order valence-corrected chi connectivity index (χ2v) is 13.3. The lowest BCUT2D eigenvalue weighted by atomic mass is 9.43. The standard InChI is InChI=1S/C26H40O9S/c1-14(5-8-23(29)30)18-6-7-19-24-20(13-22(28)26(18,19)4)25(3)10-9-17(35-36(31,32)33)11-16(25)12-21(24)34-15(2)27/h14,16-21,24H,5-13H2,1-4H3,(H,29,30)(H,31,32,33)/t14-,16+,17-,18-,19+,20+,21-,24+,25+,26-/m1/s1. The van der Waals surface area contributed by atoms with Crippen molar-refractivity contribution in [1.82, 2.24) is 0 Å². The lowest BCUT2D eigenvalue weighted by Gasteiger charge is -2.62. The number of Topliss-reactive ketones (excluding diaryl/α,β-unsaturated/α-hetero) is 1. The minimum absolute atomic E-state index is 0.00549. The smallest absolute Gasteiger partial charge is 0.397 e. The van der Waals surface area contributed by atoms with Crippen molar-refractivity contribution in [2.75, 3.05) is 0 Å². The van der Waals surface area contributed by atoms with Crippen LogP contribution in [0.2, 0.25) is 0 Å². The van der Waals surface area contributed by atoms with Crippen molar-refractivity contribution in [2.24, 2.45) is 46.3 Å². The molecular weight excluding hydrogens is 488 g/mol. The third-order valence-electron chi connectivity index (χ3n) is 10.6. The van der Waals surface area contributed by atoms with E-state index < -0.39 is 27.9 Å². The minimum atomic E-state index is -4.57. The number of carboxylic acid groups (broad SMARTS) is 1. The summed E-state index contributed by atoms with van der Waals surface area (Å²) in [6, 6.07) is 0. The Morgan fingerprint density at radius 2 is 1.83 bits per heavy atom. The maximum Gasteiger partial charge on any atom is 0.397 e. The Labute approximate surface area is 213 Å². The molecule has 9 nitrogen and oxygen atoms in total. The van der Waals surface area contributed by atoms with Crippen LogP contribution >= 0.6 is 0 Å². The summed E-state index contributed by atoms with van der Waals surface area (Å²) >= 11 is 0. The van der Waals surface area contributed by atoms with Gasteiger partial charge in [-0.25, -0.2) is 4.18 Å². The molecule has 4 aliphatic rings. The molecule has 0 amide bonds. The van der Waals surface area contributed by atoms with Gasteiger partial charge in [0.1, 0.15) is 11.9 Å². The molecule has 4 fully saturated rings. The van der Waals surface area contributed by atoms with Crippen LogP contribution in [0.25, 0.3) is 0 Å². The van der Waals surface area contributed by atoms with Gasteiger partial charge in [-0.3, -0.25) is 18.9 Å². The molecular formula is C26H40O9S. The third kappa shape index (κ3) is 4.85. The van der Waals surface area contributed by atoms with Gasteiger partial charge in [0.2, 0.25) is 0 Å². The SMILES string of the molecule is CC(=O)O[C@@H]1C[C@@H]2C[C@H](OS(=O)(=O)O)CC[C@]2(C)[C@H]2CC(=O)[C@]3(C)[C@@H]([C@H](C)CCC(=O)O)CC[C@H]3[C@H]12. The largest absolute Gasteiger partial charge is 0.481 e. The molecule has 0 aliphatic heterocycles. The molecule has 2 N–H and O–H groups in total. The summed E-state index contributed by atoms with van der Waals surface area (Å²) in [7, 11) is -4.57. The summed E-state index contributed by atoms with van der Waals surface area (Å²) in [5.41, 5.74) is -0.809. The van der Waals surface area contributed by atoms with Crippen molar-refractivity contribution < 1.29 is 41.4 Å². The number of esters is 1. The first-order valence-electron chi connectivity index (χ1n) is 13.2.